The first kappa shape index (κ1) is 14.3. The zero-order valence-corrected chi connectivity index (χ0v) is 13.5. The van der Waals surface area contributed by atoms with Gasteiger partial charge in [0.2, 0.25) is 5.91 Å². The van der Waals surface area contributed by atoms with Crippen LogP contribution in [0.5, 0.6) is 0 Å². The molecule has 0 saturated carbocycles. The molecule has 2 aliphatic heterocycles. The zero-order chi connectivity index (χ0) is 16.0. The van der Waals surface area contributed by atoms with Crippen molar-refractivity contribution in [3.63, 3.8) is 0 Å². The molecule has 0 spiro atoms. The molecule has 5 heteroatoms. The van der Waals surface area contributed by atoms with Crippen molar-refractivity contribution in [3.05, 3.63) is 53.6 Å². The summed E-state index contributed by atoms with van der Waals surface area (Å²) in [6, 6.07) is 13.7. The van der Waals surface area contributed by atoms with Crippen molar-refractivity contribution in [1.29, 1.82) is 0 Å². The Morgan fingerprint density at radius 2 is 2.09 bits per heavy atom. The van der Waals surface area contributed by atoms with Gasteiger partial charge < -0.3 is 10.2 Å². The SMILES string of the molecule is CC1Cc2ccccc2N1C(=O)c1ccc2c(c1)NC(=O)CS2. The van der Waals surface area contributed by atoms with E-state index < -0.39 is 0 Å². The third kappa shape index (κ3) is 2.41. The zero-order valence-electron chi connectivity index (χ0n) is 12.7. The molecule has 1 atom stereocenters. The summed E-state index contributed by atoms with van der Waals surface area (Å²) in [4.78, 5) is 27.4. The van der Waals surface area contributed by atoms with Crippen molar-refractivity contribution in [2.75, 3.05) is 16.0 Å². The van der Waals surface area contributed by atoms with Crippen LogP contribution >= 0.6 is 11.8 Å². The molecule has 23 heavy (non-hydrogen) atoms. The number of nitrogens with one attached hydrogen (secondary N) is 1. The van der Waals surface area contributed by atoms with Gasteiger partial charge in [-0.2, -0.15) is 0 Å². The lowest BCUT2D eigenvalue weighted by Crippen LogP contribution is -2.35. The van der Waals surface area contributed by atoms with E-state index in [-0.39, 0.29) is 17.9 Å². The van der Waals surface area contributed by atoms with Crippen LogP contribution in [0.15, 0.2) is 47.4 Å². The molecule has 2 aromatic carbocycles. The number of hydrogen-bond acceptors (Lipinski definition) is 3. The lowest BCUT2D eigenvalue weighted by Gasteiger charge is -2.24. The van der Waals surface area contributed by atoms with Gasteiger partial charge in [-0.15, -0.1) is 11.8 Å². The fourth-order valence-corrected chi connectivity index (χ4v) is 4.02. The minimum atomic E-state index is -0.0213. The van der Waals surface area contributed by atoms with Crippen molar-refractivity contribution in [2.24, 2.45) is 0 Å². The summed E-state index contributed by atoms with van der Waals surface area (Å²) in [6.45, 7) is 2.06. The fourth-order valence-electron chi connectivity index (χ4n) is 3.23. The molecule has 116 valence electrons. The van der Waals surface area contributed by atoms with Gasteiger partial charge in [-0.3, -0.25) is 9.59 Å². The van der Waals surface area contributed by atoms with E-state index >= 15 is 0 Å². The fraction of sp³-hybridized carbons (Fsp3) is 0.222. The van der Waals surface area contributed by atoms with Gasteiger partial charge in [-0.1, -0.05) is 18.2 Å². The molecule has 1 unspecified atom stereocenters. The van der Waals surface area contributed by atoms with Gasteiger partial charge in [-0.05, 0) is 43.2 Å². The van der Waals surface area contributed by atoms with Crippen molar-refractivity contribution < 1.29 is 9.59 Å². The van der Waals surface area contributed by atoms with E-state index in [1.807, 2.05) is 35.2 Å². The Bertz CT molecular complexity index is 818. The Balaban J connectivity index is 1.70. The van der Waals surface area contributed by atoms with Crippen molar-refractivity contribution in [1.82, 2.24) is 0 Å². The summed E-state index contributed by atoms with van der Waals surface area (Å²) in [5, 5.41) is 2.85. The second kappa shape index (κ2) is 5.42. The highest BCUT2D eigenvalue weighted by Gasteiger charge is 2.31. The number of rotatable bonds is 1. The summed E-state index contributed by atoms with van der Waals surface area (Å²) >= 11 is 1.50. The van der Waals surface area contributed by atoms with Gasteiger partial charge in [0.15, 0.2) is 0 Å². The molecule has 0 aliphatic carbocycles. The Labute approximate surface area is 138 Å². The Morgan fingerprint density at radius 3 is 2.96 bits per heavy atom. The molecule has 2 amide bonds. The molecule has 2 heterocycles. The monoisotopic (exact) mass is 324 g/mol. The molecule has 0 bridgehead atoms. The maximum Gasteiger partial charge on any atom is 0.258 e. The van der Waals surface area contributed by atoms with E-state index in [2.05, 4.69) is 18.3 Å². The van der Waals surface area contributed by atoms with Crippen LogP contribution in [0.1, 0.15) is 22.8 Å². The molecule has 2 aliphatic rings. The molecule has 2 aromatic rings. The van der Waals surface area contributed by atoms with Crippen LogP contribution in [0, 0.1) is 0 Å². The van der Waals surface area contributed by atoms with E-state index in [1.54, 1.807) is 6.07 Å². The number of carbonyl (C=O) groups is 2. The van der Waals surface area contributed by atoms with Gasteiger partial charge >= 0.3 is 0 Å². The standard InChI is InChI=1S/C18H16N2O2S/c1-11-8-12-4-2-3-5-15(12)20(11)18(22)13-6-7-16-14(9-13)19-17(21)10-23-16/h2-7,9,11H,8,10H2,1H3,(H,19,21). The van der Waals surface area contributed by atoms with Gasteiger partial charge in [-0.25, -0.2) is 0 Å². The molecule has 4 nitrogen and oxygen atoms in total. The first-order valence-electron chi connectivity index (χ1n) is 7.61. The smallest absolute Gasteiger partial charge is 0.258 e. The minimum absolute atomic E-state index is 0.0185. The number of fused-ring (bicyclic) bond motifs is 2. The lowest BCUT2D eigenvalue weighted by molar-refractivity contribution is -0.113. The number of carbonyl (C=O) groups excluding carboxylic acids is 2. The molecular weight excluding hydrogens is 308 g/mol. The summed E-state index contributed by atoms with van der Waals surface area (Å²) in [6.07, 6.45) is 0.874. The van der Waals surface area contributed by atoms with Gasteiger partial charge in [0, 0.05) is 22.2 Å². The van der Waals surface area contributed by atoms with Crippen LogP contribution in [0.3, 0.4) is 0 Å². The molecule has 1 N–H and O–H groups in total. The summed E-state index contributed by atoms with van der Waals surface area (Å²) in [5.74, 6) is 0.388. The molecule has 4 rings (SSSR count). The van der Waals surface area contributed by atoms with Crippen LogP contribution in [-0.2, 0) is 11.2 Å². The number of anilines is 2. The third-order valence-electron chi connectivity index (χ3n) is 4.29. The Kier molecular flexibility index (Phi) is 3.38. The highest BCUT2D eigenvalue weighted by Crippen LogP contribution is 2.35. The summed E-state index contributed by atoms with van der Waals surface area (Å²) in [5.41, 5.74) is 3.53. The van der Waals surface area contributed by atoms with E-state index in [4.69, 9.17) is 0 Å². The van der Waals surface area contributed by atoms with Crippen LogP contribution in [-0.4, -0.2) is 23.6 Å². The van der Waals surface area contributed by atoms with E-state index in [0.717, 1.165) is 22.7 Å². The van der Waals surface area contributed by atoms with Crippen LogP contribution in [0.2, 0.25) is 0 Å². The highest BCUT2D eigenvalue weighted by molar-refractivity contribution is 8.00. The normalized spacial score (nSPS) is 19.1. The lowest BCUT2D eigenvalue weighted by atomic mass is 10.1. The summed E-state index contributed by atoms with van der Waals surface area (Å²) < 4.78 is 0. The summed E-state index contributed by atoms with van der Waals surface area (Å²) in [7, 11) is 0. The van der Waals surface area contributed by atoms with E-state index in [1.165, 1.54) is 17.3 Å². The average molecular weight is 324 g/mol. The maximum absolute atomic E-state index is 13.0. The molecule has 0 radical (unpaired) electrons. The second-order valence-corrected chi connectivity index (χ2v) is 6.92. The van der Waals surface area contributed by atoms with Crippen LogP contribution in [0.25, 0.3) is 0 Å². The third-order valence-corrected chi connectivity index (χ3v) is 5.36. The number of amides is 2. The van der Waals surface area contributed by atoms with Gasteiger partial charge in [0.25, 0.3) is 5.91 Å². The van der Waals surface area contributed by atoms with Gasteiger partial charge in [0.1, 0.15) is 0 Å². The highest BCUT2D eigenvalue weighted by atomic mass is 32.2. The van der Waals surface area contributed by atoms with E-state index in [9.17, 15) is 9.59 Å². The predicted molar refractivity (Wildman–Crippen MR) is 92.2 cm³/mol. The van der Waals surface area contributed by atoms with Gasteiger partial charge in [0.05, 0.1) is 11.4 Å². The number of hydrogen-bond donors (Lipinski definition) is 1. The second-order valence-electron chi connectivity index (χ2n) is 5.90. The van der Waals surface area contributed by atoms with Crippen LogP contribution in [0.4, 0.5) is 11.4 Å². The van der Waals surface area contributed by atoms with Crippen molar-refractivity contribution in [2.45, 2.75) is 24.3 Å². The number of benzene rings is 2. The first-order valence-corrected chi connectivity index (χ1v) is 8.60. The molecule has 0 saturated heterocycles. The largest absolute Gasteiger partial charge is 0.324 e. The van der Waals surface area contributed by atoms with Crippen LogP contribution < -0.4 is 10.2 Å². The number of thioether (sulfide) groups is 1. The number of para-hydroxylation sites is 1. The Hall–Kier alpha value is -2.27. The Morgan fingerprint density at radius 1 is 1.26 bits per heavy atom. The molecule has 0 aromatic heterocycles. The minimum Gasteiger partial charge on any atom is -0.324 e. The quantitative estimate of drug-likeness (QED) is 0.875. The predicted octanol–water partition coefficient (Wildman–Crippen LogP) is 3.32. The van der Waals surface area contributed by atoms with Crippen molar-refractivity contribution >= 4 is 35.0 Å². The topological polar surface area (TPSA) is 49.4 Å². The number of nitrogens with zero attached hydrogens (tertiary/aromatic N) is 1. The maximum atomic E-state index is 13.0. The van der Waals surface area contributed by atoms with Crippen molar-refractivity contribution in [3.8, 4) is 0 Å². The molecular formula is C18H16N2O2S. The first-order chi connectivity index (χ1) is 11.1. The molecule has 0 fully saturated rings. The average Bonchev–Trinajstić information content (AvgIpc) is 2.89. The van der Waals surface area contributed by atoms with E-state index in [0.29, 0.717) is 11.3 Å².